The Labute approximate surface area is 99.5 Å². The van der Waals surface area contributed by atoms with Crippen molar-refractivity contribution in [3.63, 3.8) is 0 Å². The predicted octanol–water partition coefficient (Wildman–Crippen LogP) is 1.62. The largest absolute Gasteiger partial charge is 0.497 e. The molecule has 2 aromatic rings. The first-order valence-corrected chi connectivity index (χ1v) is 5.34. The van der Waals surface area contributed by atoms with Crippen LogP contribution in [0.5, 0.6) is 11.5 Å². The highest BCUT2D eigenvalue weighted by Crippen LogP contribution is 2.17. The molecular weight excluding hydrogens is 218 g/mol. The number of hydrogen-bond acceptors (Lipinski definition) is 4. The molecule has 0 aliphatic rings. The van der Waals surface area contributed by atoms with Gasteiger partial charge in [-0.2, -0.15) is 5.10 Å². The number of nitrogen functional groups attached to an aromatic ring is 1. The van der Waals surface area contributed by atoms with Crippen molar-refractivity contribution in [2.24, 2.45) is 0 Å². The first-order valence-electron chi connectivity index (χ1n) is 5.34. The Balaban J connectivity index is 1.81. The van der Waals surface area contributed by atoms with E-state index in [9.17, 15) is 0 Å². The second-order valence-electron chi connectivity index (χ2n) is 3.59. The molecule has 1 aromatic carbocycles. The lowest BCUT2D eigenvalue weighted by Gasteiger charge is -2.05. The van der Waals surface area contributed by atoms with Gasteiger partial charge >= 0.3 is 0 Å². The minimum absolute atomic E-state index is 0.504. The van der Waals surface area contributed by atoms with E-state index in [0.717, 1.165) is 23.6 Å². The van der Waals surface area contributed by atoms with E-state index in [1.54, 1.807) is 13.2 Å². The molecule has 1 aromatic heterocycles. The lowest BCUT2D eigenvalue weighted by Crippen LogP contribution is -2.01. The normalized spacial score (nSPS) is 10.2. The second-order valence-corrected chi connectivity index (χ2v) is 3.59. The minimum atomic E-state index is 0.504. The van der Waals surface area contributed by atoms with Crippen LogP contribution in [0.4, 0.5) is 5.82 Å². The standard InChI is InChI=1S/C12H15N3O2/c1-16-10-2-4-11(5-3-10)17-7-6-9-8-12(13)15-14-9/h2-5,8H,6-7H2,1H3,(H3,13,14,15). The summed E-state index contributed by atoms with van der Waals surface area (Å²) < 4.78 is 10.6. The molecule has 0 atom stereocenters. The molecule has 2 rings (SSSR count). The number of benzene rings is 1. The van der Waals surface area contributed by atoms with Crippen molar-refractivity contribution in [2.75, 3.05) is 19.5 Å². The SMILES string of the molecule is COc1ccc(OCCc2cc(N)n[nH]2)cc1. The van der Waals surface area contributed by atoms with E-state index in [0.29, 0.717) is 12.4 Å². The number of nitrogens with zero attached hydrogens (tertiary/aromatic N) is 1. The molecule has 90 valence electrons. The third kappa shape index (κ3) is 3.14. The van der Waals surface area contributed by atoms with Gasteiger partial charge in [-0.05, 0) is 24.3 Å². The number of anilines is 1. The van der Waals surface area contributed by atoms with Gasteiger partial charge in [0.1, 0.15) is 17.3 Å². The first kappa shape index (κ1) is 11.3. The number of aromatic amines is 1. The van der Waals surface area contributed by atoms with Crippen molar-refractivity contribution in [1.82, 2.24) is 10.2 Å². The molecule has 0 aliphatic heterocycles. The van der Waals surface area contributed by atoms with Gasteiger partial charge in [0.05, 0.1) is 13.7 Å². The fourth-order valence-corrected chi connectivity index (χ4v) is 1.46. The number of ether oxygens (including phenoxy) is 2. The number of nitrogens with one attached hydrogen (secondary N) is 1. The Hall–Kier alpha value is -2.17. The van der Waals surface area contributed by atoms with Crippen LogP contribution in [-0.4, -0.2) is 23.9 Å². The lowest BCUT2D eigenvalue weighted by atomic mass is 10.3. The lowest BCUT2D eigenvalue weighted by molar-refractivity contribution is 0.319. The topological polar surface area (TPSA) is 73.2 Å². The van der Waals surface area contributed by atoms with E-state index in [2.05, 4.69) is 10.2 Å². The molecule has 0 bridgehead atoms. The molecule has 5 heteroatoms. The molecular formula is C12H15N3O2. The van der Waals surface area contributed by atoms with Gasteiger partial charge in [-0.1, -0.05) is 0 Å². The van der Waals surface area contributed by atoms with Crippen LogP contribution in [0, 0.1) is 0 Å². The summed E-state index contributed by atoms with van der Waals surface area (Å²) in [6.07, 6.45) is 0.746. The van der Waals surface area contributed by atoms with Gasteiger partial charge in [0, 0.05) is 18.2 Å². The predicted molar refractivity (Wildman–Crippen MR) is 65.2 cm³/mol. The molecule has 0 fully saturated rings. The maximum absolute atomic E-state index is 5.57. The highest BCUT2D eigenvalue weighted by atomic mass is 16.5. The summed E-state index contributed by atoms with van der Waals surface area (Å²) in [4.78, 5) is 0. The van der Waals surface area contributed by atoms with Crippen LogP contribution in [0.1, 0.15) is 5.69 Å². The van der Waals surface area contributed by atoms with Crippen LogP contribution in [0.15, 0.2) is 30.3 Å². The van der Waals surface area contributed by atoms with Gasteiger partial charge in [0.2, 0.25) is 0 Å². The Morgan fingerprint density at radius 3 is 2.53 bits per heavy atom. The molecule has 0 radical (unpaired) electrons. The summed E-state index contributed by atoms with van der Waals surface area (Å²) in [7, 11) is 1.64. The molecule has 3 N–H and O–H groups in total. The van der Waals surface area contributed by atoms with E-state index in [1.165, 1.54) is 0 Å². The van der Waals surface area contributed by atoms with Crippen LogP contribution in [-0.2, 0) is 6.42 Å². The minimum Gasteiger partial charge on any atom is -0.497 e. The van der Waals surface area contributed by atoms with Gasteiger partial charge in [-0.25, -0.2) is 0 Å². The molecule has 17 heavy (non-hydrogen) atoms. The smallest absolute Gasteiger partial charge is 0.145 e. The van der Waals surface area contributed by atoms with Crippen molar-refractivity contribution in [1.29, 1.82) is 0 Å². The summed E-state index contributed by atoms with van der Waals surface area (Å²) in [5.41, 5.74) is 6.46. The van der Waals surface area contributed by atoms with Gasteiger partial charge in [0.15, 0.2) is 0 Å². The molecule has 5 nitrogen and oxygen atoms in total. The van der Waals surface area contributed by atoms with Crippen molar-refractivity contribution in [3.8, 4) is 11.5 Å². The maximum Gasteiger partial charge on any atom is 0.145 e. The van der Waals surface area contributed by atoms with Gasteiger partial charge in [-0.3, -0.25) is 5.10 Å². The van der Waals surface area contributed by atoms with Crippen molar-refractivity contribution >= 4 is 5.82 Å². The first-order chi connectivity index (χ1) is 8.28. The monoisotopic (exact) mass is 233 g/mol. The van der Waals surface area contributed by atoms with Crippen molar-refractivity contribution < 1.29 is 9.47 Å². The second kappa shape index (κ2) is 5.25. The molecule has 0 amide bonds. The third-order valence-electron chi connectivity index (χ3n) is 2.35. The molecule has 1 heterocycles. The zero-order chi connectivity index (χ0) is 12.1. The van der Waals surface area contributed by atoms with Gasteiger partial charge < -0.3 is 15.2 Å². The molecule has 0 aliphatic carbocycles. The number of rotatable bonds is 5. The van der Waals surface area contributed by atoms with Crippen LogP contribution >= 0.6 is 0 Å². The Bertz CT molecular complexity index is 465. The maximum atomic E-state index is 5.57. The number of H-pyrrole nitrogens is 1. The molecule has 0 saturated carbocycles. The zero-order valence-electron chi connectivity index (χ0n) is 9.64. The Kier molecular flexibility index (Phi) is 3.49. The summed E-state index contributed by atoms with van der Waals surface area (Å²) in [5, 5.41) is 6.68. The number of aromatic nitrogens is 2. The highest BCUT2D eigenvalue weighted by molar-refractivity contribution is 5.31. The van der Waals surface area contributed by atoms with Crippen LogP contribution in [0.2, 0.25) is 0 Å². The van der Waals surface area contributed by atoms with E-state index >= 15 is 0 Å². The molecule has 0 saturated heterocycles. The van der Waals surface area contributed by atoms with Gasteiger partial charge in [0.25, 0.3) is 0 Å². The fraction of sp³-hybridized carbons (Fsp3) is 0.250. The molecule has 0 unspecified atom stereocenters. The summed E-state index contributed by atoms with van der Waals surface area (Å²) >= 11 is 0. The Morgan fingerprint density at radius 2 is 1.94 bits per heavy atom. The third-order valence-corrected chi connectivity index (χ3v) is 2.35. The van der Waals surface area contributed by atoms with Crippen molar-refractivity contribution in [3.05, 3.63) is 36.0 Å². The number of methoxy groups -OCH3 is 1. The van der Waals surface area contributed by atoms with E-state index in [1.807, 2.05) is 24.3 Å². The van der Waals surface area contributed by atoms with E-state index in [-0.39, 0.29) is 0 Å². The quantitative estimate of drug-likeness (QED) is 0.823. The summed E-state index contributed by atoms with van der Waals surface area (Å²) in [6, 6.07) is 9.28. The van der Waals surface area contributed by atoms with Gasteiger partial charge in [-0.15, -0.1) is 0 Å². The average Bonchev–Trinajstić information content (AvgIpc) is 2.76. The van der Waals surface area contributed by atoms with E-state index < -0.39 is 0 Å². The van der Waals surface area contributed by atoms with Crippen molar-refractivity contribution in [2.45, 2.75) is 6.42 Å². The average molecular weight is 233 g/mol. The Morgan fingerprint density at radius 1 is 1.24 bits per heavy atom. The number of hydrogen-bond donors (Lipinski definition) is 2. The highest BCUT2D eigenvalue weighted by Gasteiger charge is 1.99. The van der Waals surface area contributed by atoms with Crippen LogP contribution in [0.25, 0.3) is 0 Å². The zero-order valence-corrected chi connectivity index (χ0v) is 9.64. The van der Waals surface area contributed by atoms with Crippen LogP contribution in [0.3, 0.4) is 0 Å². The van der Waals surface area contributed by atoms with Crippen LogP contribution < -0.4 is 15.2 Å². The summed E-state index contributed by atoms with van der Waals surface area (Å²) in [6.45, 7) is 0.577. The number of nitrogens with two attached hydrogens (primary N) is 1. The fourth-order valence-electron chi connectivity index (χ4n) is 1.46. The summed E-state index contributed by atoms with van der Waals surface area (Å²) in [5.74, 6) is 2.14. The molecule has 0 spiro atoms. The van der Waals surface area contributed by atoms with E-state index in [4.69, 9.17) is 15.2 Å².